The second-order valence-corrected chi connectivity index (χ2v) is 6.96. The van der Waals surface area contributed by atoms with Crippen molar-refractivity contribution in [3.05, 3.63) is 63.4 Å². The van der Waals surface area contributed by atoms with E-state index < -0.39 is 0 Å². The van der Waals surface area contributed by atoms with Crippen LogP contribution in [0.15, 0.2) is 53.0 Å². The highest BCUT2D eigenvalue weighted by molar-refractivity contribution is 9.10. The van der Waals surface area contributed by atoms with Gasteiger partial charge in [0.05, 0.1) is 5.69 Å². The van der Waals surface area contributed by atoms with Gasteiger partial charge in [0.2, 0.25) is 0 Å². The molecule has 1 heterocycles. The van der Waals surface area contributed by atoms with E-state index in [9.17, 15) is 0 Å². The molecule has 0 N–H and O–H groups in total. The molecule has 0 fully saturated rings. The first kappa shape index (κ1) is 12.3. The topological polar surface area (TPSA) is 12.9 Å². The lowest BCUT2D eigenvalue weighted by Crippen LogP contribution is -2.01. The molecule has 98 valence electrons. The number of aryl methyl sites for hydroxylation is 2. The van der Waals surface area contributed by atoms with Crippen molar-refractivity contribution < 1.29 is 0 Å². The molecule has 0 saturated carbocycles. The maximum absolute atomic E-state index is 4.90. The van der Waals surface area contributed by atoms with Gasteiger partial charge in [-0.05, 0) is 30.5 Å². The second-order valence-electron chi connectivity index (χ2n) is 4.96. The van der Waals surface area contributed by atoms with Crippen molar-refractivity contribution in [1.82, 2.24) is 4.98 Å². The first-order valence-corrected chi connectivity index (χ1v) is 8.26. The van der Waals surface area contributed by atoms with Crippen molar-refractivity contribution in [2.75, 3.05) is 0 Å². The normalized spacial score (nSPS) is 12.8. The van der Waals surface area contributed by atoms with E-state index in [4.69, 9.17) is 4.98 Å². The highest BCUT2D eigenvalue weighted by atomic mass is 79.9. The molecule has 1 aliphatic carbocycles. The number of aromatic nitrogens is 1. The largest absolute Gasteiger partial charge is 0.236 e. The number of rotatable bonds is 1. The third kappa shape index (κ3) is 2.02. The molecule has 0 unspecified atom stereocenters. The second kappa shape index (κ2) is 4.83. The van der Waals surface area contributed by atoms with Crippen LogP contribution in [0.3, 0.4) is 0 Å². The zero-order valence-electron chi connectivity index (χ0n) is 10.8. The number of halogens is 1. The lowest BCUT2D eigenvalue weighted by atomic mass is 9.94. The minimum absolute atomic E-state index is 1.10. The van der Waals surface area contributed by atoms with Crippen molar-refractivity contribution in [1.29, 1.82) is 0 Å². The van der Waals surface area contributed by atoms with E-state index in [1.165, 1.54) is 27.3 Å². The molecule has 20 heavy (non-hydrogen) atoms. The lowest BCUT2D eigenvalue weighted by molar-refractivity contribution is 0.955. The molecular formula is C17H12BrNS. The number of hydrogen-bond acceptors (Lipinski definition) is 2. The zero-order chi connectivity index (χ0) is 13.5. The molecule has 0 aliphatic heterocycles. The molecule has 0 amide bonds. The average molecular weight is 342 g/mol. The minimum Gasteiger partial charge on any atom is -0.236 e. The molecule has 0 bridgehead atoms. The van der Waals surface area contributed by atoms with Gasteiger partial charge in [-0.3, -0.25) is 0 Å². The highest BCUT2D eigenvalue weighted by Gasteiger charge is 2.20. The summed E-state index contributed by atoms with van der Waals surface area (Å²) in [6, 6.07) is 17.0. The summed E-state index contributed by atoms with van der Waals surface area (Å²) in [6.45, 7) is 0. The lowest BCUT2D eigenvalue weighted by Gasteiger charge is -2.13. The van der Waals surface area contributed by atoms with Gasteiger partial charge in [-0.1, -0.05) is 52.3 Å². The summed E-state index contributed by atoms with van der Waals surface area (Å²) in [7, 11) is 0. The van der Waals surface area contributed by atoms with Crippen LogP contribution in [0, 0.1) is 0 Å². The van der Waals surface area contributed by atoms with Crippen LogP contribution in [0.4, 0.5) is 0 Å². The maximum Gasteiger partial charge on any atom is 0.124 e. The molecule has 0 atom stereocenters. The predicted octanol–water partition coefficient (Wildman–Crippen LogP) is 5.34. The molecule has 1 nitrogen and oxygen atoms in total. The smallest absolute Gasteiger partial charge is 0.124 e. The Morgan fingerprint density at radius 2 is 1.90 bits per heavy atom. The third-order valence-electron chi connectivity index (χ3n) is 3.66. The first-order chi connectivity index (χ1) is 9.81. The van der Waals surface area contributed by atoms with Crippen LogP contribution in [0.2, 0.25) is 0 Å². The van der Waals surface area contributed by atoms with E-state index >= 15 is 0 Å². The summed E-state index contributed by atoms with van der Waals surface area (Å²) in [5.74, 6) is 0. The molecule has 0 saturated heterocycles. The van der Waals surface area contributed by atoms with Crippen LogP contribution in [0.5, 0.6) is 0 Å². The van der Waals surface area contributed by atoms with Gasteiger partial charge >= 0.3 is 0 Å². The predicted molar refractivity (Wildman–Crippen MR) is 88.1 cm³/mol. The Balaban J connectivity index is 1.86. The van der Waals surface area contributed by atoms with Crippen molar-refractivity contribution in [2.24, 2.45) is 0 Å². The summed E-state index contributed by atoms with van der Waals surface area (Å²) >= 11 is 5.36. The number of fused-ring (bicyclic) bond motifs is 3. The Morgan fingerprint density at radius 1 is 1.00 bits per heavy atom. The van der Waals surface area contributed by atoms with Crippen LogP contribution >= 0.6 is 27.3 Å². The van der Waals surface area contributed by atoms with E-state index in [0.717, 1.165) is 22.3 Å². The van der Waals surface area contributed by atoms with Gasteiger partial charge in [-0.2, -0.15) is 0 Å². The van der Waals surface area contributed by atoms with Gasteiger partial charge in [0.25, 0.3) is 0 Å². The Labute approximate surface area is 130 Å². The van der Waals surface area contributed by atoms with E-state index in [-0.39, 0.29) is 0 Å². The van der Waals surface area contributed by atoms with Crippen LogP contribution < -0.4 is 0 Å². The summed E-state index contributed by atoms with van der Waals surface area (Å²) in [4.78, 5) is 6.32. The number of benzene rings is 2. The SMILES string of the molecule is Brc1cccc(-c2nc3c(s2)CCc2ccccc2-3)c1. The van der Waals surface area contributed by atoms with E-state index in [0.29, 0.717) is 0 Å². The van der Waals surface area contributed by atoms with E-state index in [2.05, 4.69) is 58.4 Å². The van der Waals surface area contributed by atoms with Crippen molar-refractivity contribution >= 4 is 27.3 Å². The number of hydrogen-bond donors (Lipinski definition) is 0. The Hall–Kier alpha value is -1.45. The Kier molecular flexibility index (Phi) is 2.97. The third-order valence-corrected chi connectivity index (χ3v) is 5.32. The summed E-state index contributed by atoms with van der Waals surface area (Å²) in [6.07, 6.45) is 2.24. The van der Waals surface area contributed by atoms with Gasteiger partial charge in [-0.15, -0.1) is 11.3 Å². The molecule has 2 aromatic carbocycles. The fourth-order valence-corrected chi connectivity index (χ4v) is 4.16. The average Bonchev–Trinajstić information content (AvgIpc) is 2.92. The molecule has 4 rings (SSSR count). The molecule has 1 aliphatic rings. The Morgan fingerprint density at radius 3 is 2.80 bits per heavy atom. The Bertz CT molecular complexity index is 791. The van der Waals surface area contributed by atoms with Crippen LogP contribution in [0.1, 0.15) is 10.4 Å². The number of nitrogens with zero attached hydrogens (tertiary/aromatic N) is 1. The quantitative estimate of drug-likeness (QED) is 0.582. The molecule has 0 radical (unpaired) electrons. The van der Waals surface area contributed by atoms with Gasteiger partial charge in [0.15, 0.2) is 0 Å². The monoisotopic (exact) mass is 341 g/mol. The van der Waals surface area contributed by atoms with Crippen molar-refractivity contribution in [3.8, 4) is 21.8 Å². The number of thiazole rings is 1. The molecule has 3 aromatic rings. The molecular weight excluding hydrogens is 330 g/mol. The van der Waals surface area contributed by atoms with E-state index in [1.54, 1.807) is 0 Å². The van der Waals surface area contributed by atoms with Crippen LogP contribution in [-0.2, 0) is 12.8 Å². The summed E-state index contributed by atoms with van der Waals surface area (Å²) < 4.78 is 1.10. The highest BCUT2D eigenvalue weighted by Crippen LogP contribution is 2.39. The fraction of sp³-hybridized carbons (Fsp3) is 0.118. The van der Waals surface area contributed by atoms with Crippen LogP contribution in [0.25, 0.3) is 21.8 Å². The standard InChI is InChI=1S/C17H12BrNS/c18-13-6-3-5-12(10-13)17-19-16-14-7-2-1-4-11(14)8-9-15(16)20-17/h1-7,10H,8-9H2. The van der Waals surface area contributed by atoms with Crippen molar-refractivity contribution in [3.63, 3.8) is 0 Å². The molecule has 0 spiro atoms. The van der Waals surface area contributed by atoms with Crippen molar-refractivity contribution in [2.45, 2.75) is 12.8 Å². The maximum atomic E-state index is 4.90. The minimum atomic E-state index is 1.10. The van der Waals surface area contributed by atoms with E-state index in [1.807, 2.05) is 17.4 Å². The first-order valence-electron chi connectivity index (χ1n) is 6.65. The van der Waals surface area contributed by atoms with Gasteiger partial charge in [0.1, 0.15) is 5.01 Å². The summed E-state index contributed by atoms with van der Waals surface area (Å²) in [5.41, 5.74) is 5.11. The molecule has 1 aromatic heterocycles. The zero-order valence-corrected chi connectivity index (χ0v) is 13.2. The van der Waals surface area contributed by atoms with Crippen LogP contribution in [-0.4, -0.2) is 4.98 Å². The molecule has 3 heteroatoms. The van der Waals surface area contributed by atoms with Gasteiger partial charge < -0.3 is 0 Å². The van der Waals surface area contributed by atoms with Gasteiger partial charge in [-0.25, -0.2) is 4.98 Å². The van der Waals surface area contributed by atoms with Gasteiger partial charge in [0, 0.05) is 20.5 Å². The fourth-order valence-electron chi connectivity index (χ4n) is 2.69. The summed E-state index contributed by atoms with van der Waals surface area (Å²) in [5, 5.41) is 1.12.